The van der Waals surface area contributed by atoms with Crippen LogP contribution in [-0.4, -0.2) is 43.0 Å². The Labute approximate surface area is 159 Å². The van der Waals surface area contributed by atoms with Crippen molar-refractivity contribution < 1.29 is 4.79 Å². The van der Waals surface area contributed by atoms with Gasteiger partial charge in [-0.2, -0.15) is 0 Å². The molecule has 1 aromatic carbocycles. The molecular formula is C18H27BrClN3O. The number of hydrogen-bond acceptors (Lipinski definition) is 3. The first-order chi connectivity index (χ1) is 11.1. The molecule has 0 bridgehead atoms. The van der Waals surface area contributed by atoms with E-state index in [1.165, 1.54) is 19.4 Å². The maximum absolute atomic E-state index is 12.2. The van der Waals surface area contributed by atoms with Crippen molar-refractivity contribution in [1.29, 1.82) is 0 Å². The Balaban J connectivity index is 0.00000208. The van der Waals surface area contributed by atoms with Gasteiger partial charge in [-0.1, -0.05) is 15.9 Å². The molecule has 2 N–H and O–H groups in total. The van der Waals surface area contributed by atoms with Gasteiger partial charge in [0.15, 0.2) is 0 Å². The number of likely N-dealkylation sites (tertiary alicyclic amines) is 1. The zero-order valence-corrected chi connectivity index (χ0v) is 16.6. The van der Waals surface area contributed by atoms with Gasteiger partial charge < -0.3 is 10.6 Å². The van der Waals surface area contributed by atoms with Crippen LogP contribution in [0.5, 0.6) is 0 Å². The van der Waals surface area contributed by atoms with Gasteiger partial charge in [0.05, 0.1) is 6.54 Å². The number of anilines is 1. The number of hydrogen-bond donors (Lipinski definition) is 2. The molecule has 0 unspecified atom stereocenters. The molecule has 6 heteroatoms. The summed E-state index contributed by atoms with van der Waals surface area (Å²) in [5.74, 6) is 1.02. The van der Waals surface area contributed by atoms with Crippen molar-refractivity contribution in [1.82, 2.24) is 10.2 Å². The molecule has 24 heavy (non-hydrogen) atoms. The summed E-state index contributed by atoms with van der Waals surface area (Å²) in [5.41, 5.74) is 2.00. The van der Waals surface area contributed by atoms with Gasteiger partial charge >= 0.3 is 0 Å². The predicted octanol–water partition coefficient (Wildman–Crippen LogP) is 3.58. The van der Waals surface area contributed by atoms with Crippen molar-refractivity contribution in [2.24, 2.45) is 5.92 Å². The molecule has 0 aromatic heterocycles. The van der Waals surface area contributed by atoms with E-state index in [1.807, 2.05) is 25.1 Å². The zero-order chi connectivity index (χ0) is 16.2. The van der Waals surface area contributed by atoms with Crippen molar-refractivity contribution >= 4 is 39.9 Å². The smallest absolute Gasteiger partial charge is 0.238 e. The number of nitrogens with one attached hydrogen (secondary N) is 2. The molecule has 1 aromatic rings. The van der Waals surface area contributed by atoms with Crippen molar-refractivity contribution in [2.45, 2.75) is 38.6 Å². The number of benzene rings is 1. The molecule has 0 spiro atoms. The molecule has 1 saturated heterocycles. The SMILES string of the molecule is Cc1cc(NC(=O)CN2CCC(NCC3CC3)CC2)ccc1Br.Cl. The highest BCUT2D eigenvalue weighted by atomic mass is 79.9. The molecule has 1 aliphatic heterocycles. The molecule has 3 rings (SSSR count). The number of amides is 1. The summed E-state index contributed by atoms with van der Waals surface area (Å²) in [7, 11) is 0. The van der Waals surface area contributed by atoms with Gasteiger partial charge in [0.25, 0.3) is 0 Å². The van der Waals surface area contributed by atoms with E-state index in [1.54, 1.807) is 0 Å². The van der Waals surface area contributed by atoms with Gasteiger partial charge in [0.2, 0.25) is 5.91 Å². The predicted molar refractivity (Wildman–Crippen MR) is 105 cm³/mol. The molecular weight excluding hydrogens is 390 g/mol. The van der Waals surface area contributed by atoms with Crippen LogP contribution in [0, 0.1) is 12.8 Å². The van der Waals surface area contributed by atoms with Crippen LogP contribution in [0.3, 0.4) is 0 Å². The van der Waals surface area contributed by atoms with Crippen LogP contribution in [0.2, 0.25) is 0 Å². The molecule has 0 atom stereocenters. The Hall–Kier alpha value is -0.620. The molecule has 1 amide bonds. The highest BCUT2D eigenvalue weighted by Crippen LogP contribution is 2.28. The second kappa shape index (κ2) is 9.18. The summed E-state index contributed by atoms with van der Waals surface area (Å²) in [6, 6.07) is 6.55. The Bertz CT molecular complexity index is 557. The summed E-state index contributed by atoms with van der Waals surface area (Å²) >= 11 is 3.48. The summed E-state index contributed by atoms with van der Waals surface area (Å²) < 4.78 is 1.07. The molecule has 1 heterocycles. The van der Waals surface area contributed by atoms with Crippen LogP contribution < -0.4 is 10.6 Å². The van der Waals surface area contributed by atoms with Crippen LogP contribution in [0.1, 0.15) is 31.2 Å². The largest absolute Gasteiger partial charge is 0.325 e. The van der Waals surface area contributed by atoms with Gasteiger partial charge in [0, 0.05) is 29.3 Å². The second-order valence-electron chi connectivity index (χ2n) is 6.91. The molecule has 1 saturated carbocycles. The lowest BCUT2D eigenvalue weighted by Gasteiger charge is -2.32. The first-order valence-electron chi connectivity index (χ1n) is 8.62. The third kappa shape index (κ3) is 6.03. The van der Waals surface area contributed by atoms with Crippen LogP contribution in [0.4, 0.5) is 5.69 Å². The van der Waals surface area contributed by atoms with E-state index in [2.05, 4.69) is 31.5 Å². The quantitative estimate of drug-likeness (QED) is 0.745. The zero-order valence-electron chi connectivity index (χ0n) is 14.2. The van der Waals surface area contributed by atoms with Crippen molar-refractivity contribution in [2.75, 3.05) is 31.5 Å². The number of carbonyl (C=O) groups is 1. The lowest BCUT2D eigenvalue weighted by atomic mass is 10.0. The van der Waals surface area contributed by atoms with Crippen LogP contribution in [-0.2, 0) is 4.79 Å². The van der Waals surface area contributed by atoms with Crippen molar-refractivity contribution in [3.05, 3.63) is 28.2 Å². The molecule has 2 aliphatic rings. The number of aryl methyl sites for hydroxylation is 1. The fourth-order valence-electron chi connectivity index (χ4n) is 3.08. The van der Waals surface area contributed by atoms with Gasteiger partial charge in [-0.05, 0) is 68.8 Å². The Morgan fingerprint density at radius 3 is 2.58 bits per heavy atom. The molecule has 1 aliphatic carbocycles. The standard InChI is InChI=1S/C18H26BrN3O.ClH/c1-13-10-16(4-5-17(13)19)21-18(23)12-22-8-6-15(7-9-22)20-11-14-2-3-14;/h4-5,10,14-15,20H,2-3,6-9,11-12H2,1H3,(H,21,23);1H. The van der Waals surface area contributed by atoms with Crippen molar-refractivity contribution in [3.8, 4) is 0 Å². The minimum Gasteiger partial charge on any atom is -0.325 e. The highest BCUT2D eigenvalue weighted by Gasteiger charge is 2.24. The van der Waals surface area contributed by atoms with Gasteiger partial charge in [-0.25, -0.2) is 0 Å². The average molecular weight is 417 g/mol. The molecule has 2 fully saturated rings. The molecule has 4 nitrogen and oxygen atoms in total. The van der Waals surface area contributed by atoms with Gasteiger partial charge in [-0.3, -0.25) is 9.69 Å². The number of carbonyl (C=O) groups excluding carboxylic acids is 1. The third-order valence-corrected chi connectivity index (χ3v) is 5.68. The first-order valence-corrected chi connectivity index (χ1v) is 9.41. The Kier molecular flexibility index (Phi) is 7.54. The van der Waals surface area contributed by atoms with E-state index in [4.69, 9.17) is 0 Å². The summed E-state index contributed by atoms with van der Waals surface area (Å²) in [5, 5.41) is 6.68. The van der Waals surface area contributed by atoms with E-state index in [9.17, 15) is 4.79 Å². The van der Waals surface area contributed by atoms with E-state index < -0.39 is 0 Å². The topological polar surface area (TPSA) is 44.4 Å². The van der Waals surface area contributed by atoms with E-state index in [0.29, 0.717) is 12.6 Å². The number of rotatable bonds is 6. The number of piperidine rings is 1. The van der Waals surface area contributed by atoms with E-state index >= 15 is 0 Å². The van der Waals surface area contributed by atoms with Gasteiger partial charge in [-0.15, -0.1) is 12.4 Å². The van der Waals surface area contributed by atoms with Crippen LogP contribution in [0.15, 0.2) is 22.7 Å². The second-order valence-corrected chi connectivity index (χ2v) is 7.77. The minimum absolute atomic E-state index is 0. The van der Waals surface area contributed by atoms with Crippen molar-refractivity contribution in [3.63, 3.8) is 0 Å². The van der Waals surface area contributed by atoms with E-state index in [-0.39, 0.29) is 18.3 Å². The minimum atomic E-state index is 0. The maximum Gasteiger partial charge on any atom is 0.238 e. The maximum atomic E-state index is 12.2. The monoisotopic (exact) mass is 415 g/mol. The highest BCUT2D eigenvalue weighted by molar-refractivity contribution is 9.10. The Morgan fingerprint density at radius 2 is 1.96 bits per heavy atom. The average Bonchev–Trinajstić information content (AvgIpc) is 3.34. The number of nitrogens with zero attached hydrogens (tertiary/aromatic N) is 1. The first kappa shape index (κ1) is 19.7. The number of halogens is 2. The summed E-state index contributed by atoms with van der Waals surface area (Å²) in [6.45, 7) is 5.72. The summed E-state index contributed by atoms with van der Waals surface area (Å²) in [6.07, 6.45) is 5.11. The normalized spacial score (nSPS) is 18.9. The third-order valence-electron chi connectivity index (χ3n) is 4.79. The van der Waals surface area contributed by atoms with Crippen LogP contribution >= 0.6 is 28.3 Å². The van der Waals surface area contributed by atoms with Gasteiger partial charge in [0.1, 0.15) is 0 Å². The lowest BCUT2D eigenvalue weighted by Crippen LogP contribution is -2.45. The fourth-order valence-corrected chi connectivity index (χ4v) is 3.32. The van der Waals surface area contributed by atoms with Crippen LogP contribution in [0.25, 0.3) is 0 Å². The lowest BCUT2D eigenvalue weighted by molar-refractivity contribution is -0.117. The summed E-state index contributed by atoms with van der Waals surface area (Å²) in [4.78, 5) is 14.5. The molecule has 134 valence electrons. The molecule has 0 radical (unpaired) electrons. The fraction of sp³-hybridized carbons (Fsp3) is 0.611. The van der Waals surface area contributed by atoms with E-state index in [0.717, 1.165) is 47.6 Å². The Morgan fingerprint density at radius 1 is 1.25 bits per heavy atom.